The summed E-state index contributed by atoms with van der Waals surface area (Å²) in [6, 6.07) is 21.9. The van der Waals surface area contributed by atoms with Crippen molar-refractivity contribution in [1.29, 1.82) is 0 Å². The Morgan fingerprint density at radius 2 is 1.06 bits per heavy atom. The molecule has 6 aromatic rings. The quantitative estimate of drug-likeness (QED) is 0.0645. The predicted octanol–water partition coefficient (Wildman–Crippen LogP) is 12.0. The number of nitrogens with one attached hydrogen (secondary N) is 2. The Balaban J connectivity index is 0.000000199. The number of aryl methyl sites for hydroxylation is 2. The molecule has 3 aliphatic rings. The summed E-state index contributed by atoms with van der Waals surface area (Å²) >= 11 is 14.4. The van der Waals surface area contributed by atoms with E-state index in [9.17, 15) is 35.9 Å². The molecule has 14 nitrogen and oxygen atoms in total. The van der Waals surface area contributed by atoms with E-state index in [-0.39, 0.29) is 18.6 Å². The van der Waals surface area contributed by atoms with Crippen LogP contribution < -0.4 is 25.9 Å². The largest absolute Gasteiger partial charge is 0.495 e. The van der Waals surface area contributed by atoms with Crippen LogP contribution >= 0.6 is 45.8 Å². The van der Waals surface area contributed by atoms with Gasteiger partial charge in [0, 0.05) is 64.6 Å². The van der Waals surface area contributed by atoms with Crippen molar-refractivity contribution >= 4 is 93.2 Å². The lowest BCUT2D eigenvalue weighted by atomic mass is 9.76. The van der Waals surface area contributed by atoms with Gasteiger partial charge in [-0.05, 0) is 159 Å². The molecule has 2 aromatic carbocycles. The van der Waals surface area contributed by atoms with Gasteiger partial charge in [-0.1, -0.05) is 48.3 Å². The minimum absolute atomic E-state index is 0. The number of carbonyl (C=O) groups is 2. The fraction of sp³-hybridized carbons (Fsp3) is 0.358. The van der Waals surface area contributed by atoms with E-state index >= 15 is 0 Å². The second-order valence-electron chi connectivity index (χ2n) is 18.7. The lowest BCUT2D eigenvalue weighted by Crippen LogP contribution is -2.41. The molecule has 4 aromatic heterocycles. The first-order chi connectivity index (χ1) is 35.8. The third-order valence-electron chi connectivity index (χ3n) is 12.7. The van der Waals surface area contributed by atoms with Crippen molar-refractivity contribution in [1.82, 2.24) is 19.9 Å². The zero-order valence-corrected chi connectivity index (χ0v) is 45.7. The van der Waals surface area contributed by atoms with Gasteiger partial charge in [-0.25, -0.2) is 9.97 Å². The summed E-state index contributed by atoms with van der Waals surface area (Å²) in [5, 5.41) is 6.17. The van der Waals surface area contributed by atoms with Crippen LogP contribution in [0.15, 0.2) is 97.3 Å². The van der Waals surface area contributed by atoms with E-state index in [1.54, 1.807) is 36.4 Å². The number of ether oxygens (including phenoxy) is 2. The molecule has 0 aliphatic carbocycles. The second kappa shape index (κ2) is 25.4. The summed E-state index contributed by atoms with van der Waals surface area (Å²) < 4.78 is 101. The van der Waals surface area contributed by atoms with Gasteiger partial charge in [0.2, 0.25) is 0 Å². The molecule has 3 fully saturated rings. The Kier molecular flexibility index (Phi) is 20.0. The van der Waals surface area contributed by atoms with Gasteiger partial charge >= 0.3 is 19.5 Å². The average Bonchev–Trinajstić information content (AvgIpc) is 3.60. The van der Waals surface area contributed by atoms with Crippen LogP contribution in [-0.2, 0) is 31.1 Å². The lowest BCUT2D eigenvalue weighted by Gasteiger charge is -2.32. The molecule has 3 saturated heterocycles. The van der Waals surface area contributed by atoms with E-state index in [1.165, 1.54) is 12.1 Å². The highest BCUT2D eigenvalue weighted by Crippen LogP contribution is 2.37. The van der Waals surface area contributed by atoms with Gasteiger partial charge in [-0.2, -0.15) is 26.3 Å². The van der Waals surface area contributed by atoms with Crippen molar-refractivity contribution in [2.75, 3.05) is 73.0 Å². The molecule has 0 atom stereocenters. The lowest BCUT2D eigenvalue weighted by molar-refractivity contribution is -0.142. The van der Waals surface area contributed by atoms with E-state index in [1.807, 2.05) is 65.8 Å². The number of nitrogens with zero attached hydrogens (tertiary/aromatic N) is 6. The molecule has 0 unspecified atom stereocenters. The molecular formula is C53H56BCl2F6IN8O6. The number of morpholine rings is 2. The number of alkyl halides is 6. The molecule has 2 N–H and O–H groups in total. The van der Waals surface area contributed by atoms with Gasteiger partial charge in [0.25, 0.3) is 11.8 Å². The van der Waals surface area contributed by atoms with E-state index < -0.39 is 53.9 Å². The highest BCUT2D eigenvalue weighted by Gasteiger charge is 2.52. The highest BCUT2D eigenvalue weighted by atomic mass is 127. The first kappa shape index (κ1) is 60.6. The maximum absolute atomic E-state index is 12.9. The number of hydrogen-bond acceptors (Lipinski definition) is 12. The van der Waals surface area contributed by atoms with Crippen LogP contribution in [0.2, 0.25) is 10.3 Å². The number of aromatic nitrogens is 4. The van der Waals surface area contributed by atoms with Gasteiger partial charge < -0.3 is 39.2 Å². The molecule has 0 saturated carbocycles. The van der Waals surface area contributed by atoms with E-state index in [0.29, 0.717) is 48.0 Å². The SMILES string of the molecule is C.Cc1ccc(NC(=O)c2ccnc(C(F)(F)F)c2)cc1-c1cc(Cl)nc(N2CCOCC2)c1.Cc1ccc(NC(=O)c2ccnc(C(F)(F)F)c2)cc1B1OC(C)(C)C(C)(C)O1.Clc1cc(I)cc(N2CCOCC2)n1. The molecule has 0 bridgehead atoms. The molecule has 7 heterocycles. The minimum Gasteiger partial charge on any atom is -0.399 e. The van der Waals surface area contributed by atoms with Crippen molar-refractivity contribution in [2.24, 2.45) is 0 Å². The Labute approximate surface area is 466 Å². The first-order valence-electron chi connectivity index (χ1n) is 23.7. The van der Waals surface area contributed by atoms with Crippen molar-refractivity contribution < 1.29 is 54.7 Å². The number of rotatable bonds is 8. The molecule has 0 radical (unpaired) electrons. The number of halogens is 9. The highest BCUT2D eigenvalue weighted by molar-refractivity contribution is 14.1. The normalized spacial score (nSPS) is 16.0. The number of carbonyl (C=O) groups excluding carboxylic acids is 2. The summed E-state index contributed by atoms with van der Waals surface area (Å²) in [5.74, 6) is 0.345. The van der Waals surface area contributed by atoms with E-state index in [2.05, 4.69) is 63.0 Å². The molecule has 24 heteroatoms. The minimum atomic E-state index is -4.63. The van der Waals surface area contributed by atoms with Gasteiger partial charge in [-0.15, -0.1) is 0 Å². The molecule has 9 rings (SSSR count). The maximum atomic E-state index is 12.9. The second-order valence-corrected chi connectivity index (χ2v) is 20.7. The number of pyridine rings is 4. The molecular weight excluding hydrogens is 1170 g/mol. The van der Waals surface area contributed by atoms with Crippen molar-refractivity contribution in [3.05, 3.63) is 145 Å². The van der Waals surface area contributed by atoms with Crippen LogP contribution in [0.25, 0.3) is 11.1 Å². The third-order valence-corrected chi connectivity index (χ3v) is 13.7. The van der Waals surface area contributed by atoms with Gasteiger partial charge in [0.15, 0.2) is 0 Å². The summed E-state index contributed by atoms with van der Waals surface area (Å²) in [6.07, 6.45) is -7.33. The molecule has 410 valence electrons. The van der Waals surface area contributed by atoms with Crippen molar-refractivity contribution in [3.63, 3.8) is 0 Å². The molecule has 3 aliphatic heterocycles. The van der Waals surface area contributed by atoms with Crippen LogP contribution in [0.5, 0.6) is 0 Å². The number of anilines is 4. The standard InChI is InChI=1S/C23H20ClF3N4O2.C20H22BF3N2O3.C9H10ClIN2O.CH4/c1-14-2-3-17(29-22(32)15-4-5-28-19(10-15)23(25,26)27)13-18(14)16-11-20(24)30-21(12-16)31-6-8-33-9-7-31;1-12-6-7-14(11-15(12)21-28-18(2,3)19(4,5)29-21)26-17(27)13-8-9-25-16(10-13)20(22,23)24;10-8-5-7(11)6-9(12-8)13-1-3-14-4-2-13;/h2-5,10-13H,6-9H2,1H3,(H,29,32);6-11H,1-5H3,(H,26,27);5-6H,1-4H2;1H4. The van der Waals surface area contributed by atoms with Gasteiger partial charge in [0.05, 0.1) is 37.6 Å². The Morgan fingerprint density at radius 3 is 1.53 bits per heavy atom. The van der Waals surface area contributed by atoms with Crippen molar-refractivity contribution in [3.8, 4) is 11.1 Å². The Hall–Kier alpha value is -5.63. The van der Waals surface area contributed by atoms with Gasteiger partial charge in [-0.3, -0.25) is 19.6 Å². The van der Waals surface area contributed by atoms with E-state index in [0.717, 1.165) is 93.8 Å². The summed E-state index contributed by atoms with van der Waals surface area (Å²) in [4.78, 5) is 44.6. The van der Waals surface area contributed by atoms with E-state index in [4.69, 9.17) is 42.0 Å². The zero-order chi connectivity index (χ0) is 55.2. The fourth-order valence-electron chi connectivity index (χ4n) is 7.81. The van der Waals surface area contributed by atoms with Crippen molar-refractivity contribution in [2.45, 2.75) is 72.5 Å². The average molecular weight is 1220 g/mol. The van der Waals surface area contributed by atoms with Crippen LogP contribution in [0.3, 0.4) is 0 Å². The molecule has 0 spiro atoms. The van der Waals surface area contributed by atoms with Crippen LogP contribution in [0.4, 0.5) is 49.4 Å². The molecule has 2 amide bonds. The number of benzene rings is 2. The molecule has 77 heavy (non-hydrogen) atoms. The topological polar surface area (TPSA) is 153 Å². The smallest absolute Gasteiger partial charge is 0.399 e. The summed E-state index contributed by atoms with van der Waals surface area (Å²) in [7, 11) is -0.616. The van der Waals surface area contributed by atoms with Crippen LogP contribution in [-0.4, -0.2) is 103 Å². The maximum Gasteiger partial charge on any atom is 0.495 e. The summed E-state index contributed by atoms with van der Waals surface area (Å²) in [5.41, 5.74) is 1.53. The first-order valence-corrected chi connectivity index (χ1v) is 25.5. The monoisotopic (exact) mass is 1220 g/mol. The number of hydrogen-bond donors (Lipinski definition) is 2. The zero-order valence-electron chi connectivity index (χ0n) is 42.0. The fourth-order valence-corrected chi connectivity index (χ4v) is 8.98. The predicted molar refractivity (Wildman–Crippen MR) is 295 cm³/mol. The Bertz CT molecular complexity index is 3020. The van der Waals surface area contributed by atoms with Crippen LogP contribution in [0, 0.1) is 17.4 Å². The number of amides is 2. The summed E-state index contributed by atoms with van der Waals surface area (Å²) in [6.45, 7) is 17.5. The Morgan fingerprint density at radius 1 is 0.623 bits per heavy atom. The third kappa shape index (κ3) is 16.0. The van der Waals surface area contributed by atoms with Gasteiger partial charge in [0.1, 0.15) is 33.3 Å². The van der Waals surface area contributed by atoms with Crippen LogP contribution in [0.1, 0.15) is 78.4 Å².